The van der Waals surface area contributed by atoms with E-state index in [1.54, 1.807) is 18.2 Å². The number of esters is 1. The van der Waals surface area contributed by atoms with Gasteiger partial charge in [0.25, 0.3) is 5.91 Å². The number of hydrogen-bond donors (Lipinski definition) is 2. The van der Waals surface area contributed by atoms with Crippen LogP contribution < -0.4 is 15.0 Å². The van der Waals surface area contributed by atoms with Crippen molar-refractivity contribution in [1.29, 1.82) is 0 Å². The van der Waals surface area contributed by atoms with E-state index in [9.17, 15) is 14.7 Å². The minimum atomic E-state index is -0.612. The van der Waals surface area contributed by atoms with E-state index in [2.05, 4.69) is 10.2 Å². The Morgan fingerprint density at radius 2 is 1.65 bits per heavy atom. The first-order valence-electron chi connectivity index (χ1n) is 11.3. The number of amides is 1. The second kappa shape index (κ2) is 10.3. The van der Waals surface area contributed by atoms with Gasteiger partial charge in [0.2, 0.25) is 0 Å². The number of rotatable bonds is 6. The molecule has 1 saturated heterocycles. The van der Waals surface area contributed by atoms with E-state index in [1.165, 1.54) is 26.7 Å². The summed E-state index contributed by atoms with van der Waals surface area (Å²) >= 11 is 0. The fourth-order valence-corrected chi connectivity index (χ4v) is 4.22. The summed E-state index contributed by atoms with van der Waals surface area (Å²) in [4.78, 5) is 28.0. The lowest BCUT2D eigenvalue weighted by Crippen LogP contribution is -2.29. The quantitative estimate of drug-likeness (QED) is 0.498. The zero-order chi connectivity index (χ0) is 24.1. The second-order valence-electron chi connectivity index (χ2n) is 8.16. The van der Waals surface area contributed by atoms with E-state index in [0.717, 1.165) is 37.2 Å². The van der Waals surface area contributed by atoms with Gasteiger partial charge in [-0.05, 0) is 55.2 Å². The molecule has 0 unspecified atom stereocenters. The predicted octanol–water partition coefficient (Wildman–Crippen LogP) is 5.10. The molecule has 0 saturated carbocycles. The maximum atomic E-state index is 13.3. The highest BCUT2D eigenvalue weighted by Gasteiger charge is 2.22. The van der Waals surface area contributed by atoms with Gasteiger partial charge >= 0.3 is 5.97 Å². The molecule has 7 heteroatoms. The number of methoxy groups -OCH3 is 2. The summed E-state index contributed by atoms with van der Waals surface area (Å²) in [7, 11) is 2.80. The van der Waals surface area contributed by atoms with Gasteiger partial charge in [-0.2, -0.15) is 0 Å². The summed E-state index contributed by atoms with van der Waals surface area (Å²) in [6, 6.07) is 17.8. The van der Waals surface area contributed by atoms with Crippen molar-refractivity contribution in [1.82, 2.24) is 0 Å². The number of carbonyl (C=O) groups is 2. The Morgan fingerprint density at radius 1 is 0.912 bits per heavy atom. The highest BCUT2D eigenvalue weighted by molar-refractivity contribution is 6.10. The molecule has 2 N–H and O–H groups in total. The number of carbonyl (C=O) groups excluding carboxylic acids is 2. The Kier molecular flexibility index (Phi) is 7.01. The summed E-state index contributed by atoms with van der Waals surface area (Å²) in [5, 5.41) is 13.2. The van der Waals surface area contributed by atoms with E-state index < -0.39 is 11.9 Å². The molecule has 1 heterocycles. The van der Waals surface area contributed by atoms with Crippen LogP contribution in [0.1, 0.15) is 40.0 Å². The molecule has 1 amide bonds. The fraction of sp³-hybridized carbons (Fsp3) is 0.259. The van der Waals surface area contributed by atoms with Gasteiger partial charge < -0.3 is 24.8 Å². The van der Waals surface area contributed by atoms with Crippen molar-refractivity contribution >= 4 is 23.3 Å². The summed E-state index contributed by atoms with van der Waals surface area (Å²) < 4.78 is 10.4. The van der Waals surface area contributed by atoms with E-state index in [4.69, 9.17) is 9.47 Å². The largest absolute Gasteiger partial charge is 0.507 e. The molecule has 1 aliphatic rings. The maximum absolute atomic E-state index is 13.3. The van der Waals surface area contributed by atoms with Crippen LogP contribution in [0.5, 0.6) is 11.5 Å². The molecule has 7 nitrogen and oxygen atoms in total. The summed E-state index contributed by atoms with van der Waals surface area (Å²) in [5.41, 5.74) is 3.00. The molecule has 34 heavy (non-hydrogen) atoms. The third kappa shape index (κ3) is 4.83. The predicted molar refractivity (Wildman–Crippen MR) is 132 cm³/mol. The van der Waals surface area contributed by atoms with Crippen molar-refractivity contribution in [2.24, 2.45) is 0 Å². The average Bonchev–Trinajstić information content (AvgIpc) is 2.89. The van der Waals surface area contributed by atoms with Gasteiger partial charge in [-0.15, -0.1) is 0 Å². The lowest BCUT2D eigenvalue weighted by molar-refractivity contribution is 0.0601. The van der Waals surface area contributed by atoms with Gasteiger partial charge in [0.1, 0.15) is 11.5 Å². The van der Waals surface area contributed by atoms with Gasteiger partial charge in [0.05, 0.1) is 31.0 Å². The molecule has 0 radical (unpaired) electrons. The number of ether oxygens (including phenoxy) is 2. The molecule has 0 bridgehead atoms. The van der Waals surface area contributed by atoms with Gasteiger partial charge in [0.15, 0.2) is 0 Å². The van der Waals surface area contributed by atoms with Gasteiger partial charge in [0, 0.05) is 24.3 Å². The van der Waals surface area contributed by atoms with E-state index in [1.807, 2.05) is 36.4 Å². The van der Waals surface area contributed by atoms with Crippen molar-refractivity contribution in [2.45, 2.75) is 19.3 Å². The maximum Gasteiger partial charge on any atom is 0.340 e. The van der Waals surface area contributed by atoms with Crippen LogP contribution in [0.25, 0.3) is 11.1 Å². The van der Waals surface area contributed by atoms with Crippen molar-refractivity contribution in [2.75, 3.05) is 37.5 Å². The second-order valence-corrected chi connectivity index (χ2v) is 8.16. The third-order valence-corrected chi connectivity index (χ3v) is 6.02. The SMILES string of the molecule is COC(=O)c1cc(OC)c(-c2ccccc2)cc1NC(=O)c1cc(N2CCCCC2)ccc1O. The monoisotopic (exact) mass is 460 g/mol. The van der Waals surface area contributed by atoms with Gasteiger partial charge in [-0.3, -0.25) is 4.79 Å². The first-order valence-corrected chi connectivity index (χ1v) is 11.3. The van der Waals surface area contributed by atoms with Crippen molar-refractivity contribution in [3.63, 3.8) is 0 Å². The van der Waals surface area contributed by atoms with E-state index >= 15 is 0 Å². The number of piperidine rings is 1. The average molecular weight is 461 g/mol. The minimum Gasteiger partial charge on any atom is -0.507 e. The number of hydrogen-bond acceptors (Lipinski definition) is 6. The number of phenolic OH excluding ortho intramolecular Hbond substituents is 1. The highest BCUT2D eigenvalue weighted by atomic mass is 16.5. The molecule has 4 rings (SSSR count). The highest BCUT2D eigenvalue weighted by Crippen LogP contribution is 2.36. The Labute approximate surface area is 198 Å². The zero-order valence-electron chi connectivity index (χ0n) is 19.3. The summed E-state index contributed by atoms with van der Waals surface area (Å²) in [5.74, 6) is -0.792. The lowest BCUT2D eigenvalue weighted by Gasteiger charge is -2.29. The van der Waals surface area contributed by atoms with Crippen LogP contribution in [0.3, 0.4) is 0 Å². The lowest BCUT2D eigenvalue weighted by atomic mass is 10.0. The Hall–Kier alpha value is -4.00. The van der Waals surface area contributed by atoms with Crippen LogP contribution in [-0.2, 0) is 4.74 Å². The molecular formula is C27H28N2O5. The van der Waals surface area contributed by atoms with Crippen LogP contribution in [0.2, 0.25) is 0 Å². The van der Waals surface area contributed by atoms with Crippen molar-refractivity contribution in [3.8, 4) is 22.6 Å². The molecule has 0 aliphatic carbocycles. The number of nitrogens with zero attached hydrogens (tertiary/aromatic N) is 1. The molecule has 176 valence electrons. The smallest absolute Gasteiger partial charge is 0.340 e. The fourth-order valence-electron chi connectivity index (χ4n) is 4.22. The summed E-state index contributed by atoms with van der Waals surface area (Å²) in [6.45, 7) is 1.83. The first kappa shape index (κ1) is 23.2. The number of anilines is 2. The molecule has 3 aromatic carbocycles. The van der Waals surface area contributed by atoms with Crippen molar-refractivity contribution in [3.05, 3.63) is 71.8 Å². The standard InChI is InChI=1S/C27H28N2O5/c1-33-25-17-21(27(32)34-2)23(16-20(25)18-9-5-3-6-10-18)28-26(31)22-15-19(11-12-24(22)30)29-13-7-4-8-14-29/h3,5-6,9-12,15-17,30H,4,7-8,13-14H2,1-2H3,(H,28,31). The first-order chi connectivity index (χ1) is 16.5. The van der Waals surface area contributed by atoms with Crippen LogP contribution in [0.15, 0.2) is 60.7 Å². The molecule has 0 spiro atoms. The number of nitrogens with one attached hydrogen (secondary N) is 1. The number of aromatic hydroxyl groups is 1. The molecule has 1 fully saturated rings. The van der Waals surface area contributed by atoms with Crippen LogP contribution >= 0.6 is 0 Å². The van der Waals surface area contributed by atoms with Crippen LogP contribution in [-0.4, -0.2) is 44.3 Å². The Morgan fingerprint density at radius 3 is 2.32 bits per heavy atom. The Bertz CT molecular complexity index is 1190. The number of phenols is 1. The molecule has 3 aromatic rings. The van der Waals surface area contributed by atoms with Crippen LogP contribution in [0.4, 0.5) is 11.4 Å². The normalized spacial score (nSPS) is 13.3. The topological polar surface area (TPSA) is 88.1 Å². The van der Waals surface area contributed by atoms with Crippen LogP contribution in [0, 0.1) is 0 Å². The molecular weight excluding hydrogens is 432 g/mol. The van der Waals surface area contributed by atoms with Gasteiger partial charge in [-0.1, -0.05) is 30.3 Å². The Balaban J connectivity index is 1.72. The third-order valence-electron chi connectivity index (χ3n) is 6.02. The molecule has 0 atom stereocenters. The van der Waals surface area contributed by atoms with E-state index in [0.29, 0.717) is 11.3 Å². The summed E-state index contributed by atoms with van der Waals surface area (Å²) in [6.07, 6.45) is 3.39. The van der Waals surface area contributed by atoms with Crippen molar-refractivity contribution < 1.29 is 24.2 Å². The molecule has 0 aromatic heterocycles. The minimum absolute atomic E-state index is 0.130. The van der Waals surface area contributed by atoms with Gasteiger partial charge in [-0.25, -0.2) is 4.79 Å². The van der Waals surface area contributed by atoms with E-state index in [-0.39, 0.29) is 22.6 Å². The number of benzene rings is 3. The molecule has 1 aliphatic heterocycles. The zero-order valence-corrected chi connectivity index (χ0v) is 19.3.